The Morgan fingerprint density at radius 1 is 1.36 bits per heavy atom. The predicted octanol–water partition coefficient (Wildman–Crippen LogP) is -1.55. The second-order valence-electron chi connectivity index (χ2n) is 1.48. The Morgan fingerprint density at radius 3 is 1.91 bits per heavy atom. The van der Waals surface area contributed by atoms with Gasteiger partial charge in [-0.3, -0.25) is 10.1 Å². The molecule has 0 aliphatic carbocycles. The maximum Gasteiger partial charge on any atom is 0.692 e. The van der Waals surface area contributed by atoms with E-state index >= 15 is 0 Å². The summed E-state index contributed by atoms with van der Waals surface area (Å²) >= 11 is 0. The van der Waals surface area contributed by atoms with Crippen molar-refractivity contribution in [2.75, 3.05) is 6.54 Å². The van der Waals surface area contributed by atoms with E-state index in [0.717, 1.165) is 0 Å². The molecule has 4 N–H and O–H groups in total. The summed E-state index contributed by atoms with van der Waals surface area (Å²) in [6.45, 7) is 0.124. The molecule has 0 bridgehead atoms. The van der Waals surface area contributed by atoms with E-state index in [1.807, 2.05) is 5.32 Å². The molecule has 1 aliphatic rings. The van der Waals surface area contributed by atoms with Gasteiger partial charge in [-0.1, -0.05) is 0 Å². The molecule has 3 amide bonds. The van der Waals surface area contributed by atoms with Crippen molar-refractivity contribution in [2.24, 2.45) is 0 Å². The van der Waals surface area contributed by atoms with Crippen molar-refractivity contribution in [3.63, 3.8) is 0 Å². The monoisotopic (exact) mass is 181 g/mol. The summed E-state index contributed by atoms with van der Waals surface area (Å²) in [6.07, 6.45) is 0. The van der Waals surface area contributed by atoms with Crippen LogP contribution in [0.4, 0.5) is 4.79 Å². The lowest BCUT2D eigenvalue weighted by Gasteiger charge is -1.78. The van der Waals surface area contributed by atoms with E-state index in [2.05, 4.69) is 5.32 Å². The Bertz CT molecular complexity index is 174. The molecule has 1 fully saturated rings. The first kappa shape index (κ1) is 9.96. The van der Waals surface area contributed by atoms with E-state index in [-0.39, 0.29) is 12.5 Å². The molecule has 0 spiro atoms. The summed E-state index contributed by atoms with van der Waals surface area (Å²) < 4.78 is 8.70. The van der Waals surface area contributed by atoms with E-state index in [0.29, 0.717) is 0 Å². The minimum atomic E-state index is -2.87. The van der Waals surface area contributed by atoms with Crippen molar-refractivity contribution < 1.29 is 23.9 Å². The molecule has 0 aromatic rings. The second kappa shape index (κ2) is 4.73. The lowest BCUT2D eigenvalue weighted by Crippen LogP contribution is -2.22. The number of rotatable bonds is 0. The maximum absolute atomic E-state index is 10.1. The van der Waals surface area contributed by atoms with Gasteiger partial charge >= 0.3 is 14.3 Å². The summed E-state index contributed by atoms with van der Waals surface area (Å²) in [5.74, 6) is -0.259. The zero-order valence-corrected chi connectivity index (χ0v) is 6.17. The molecule has 1 saturated heterocycles. The zero-order valence-electron chi connectivity index (χ0n) is 5.27. The highest BCUT2D eigenvalue weighted by molar-refractivity contribution is 7.30. The van der Waals surface area contributed by atoms with Crippen LogP contribution in [0.2, 0.25) is 0 Å². The molecule has 1 aliphatic heterocycles. The first-order chi connectivity index (χ1) is 5.02. The van der Waals surface area contributed by atoms with E-state index in [1.165, 1.54) is 0 Å². The number of amides is 3. The molecule has 62 valence electrons. The lowest BCUT2D eigenvalue weighted by molar-refractivity contribution is -0.117. The number of imide groups is 1. The van der Waals surface area contributed by atoms with E-state index < -0.39 is 14.3 Å². The van der Waals surface area contributed by atoms with Crippen LogP contribution < -0.4 is 10.6 Å². The largest absolute Gasteiger partial charge is 0.692 e. The van der Waals surface area contributed by atoms with Gasteiger partial charge in [-0.2, -0.15) is 0 Å². The number of hydrogen-bond donors (Lipinski definition) is 4. The number of urea groups is 1. The van der Waals surface area contributed by atoms with Crippen LogP contribution in [-0.4, -0.2) is 28.3 Å². The minimum Gasteiger partial charge on any atom is -0.329 e. The lowest BCUT2D eigenvalue weighted by atomic mass is 10.7. The Hall–Kier alpha value is -1.04. The molecular weight excluding hydrogens is 175 g/mol. The van der Waals surface area contributed by atoms with Crippen molar-refractivity contribution in [1.82, 2.24) is 10.6 Å². The van der Waals surface area contributed by atoms with Crippen LogP contribution in [-0.2, 0) is 9.36 Å². The van der Waals surface area contributed by atoms with Crippen molar-refractivity contribution in [3.8, 4) is 0 Å². The van der Waals surface area contributed by atoms with Gasteiger partial charge in [-0.25, -0.2) is 4.79 Å². The Morgan fingerprint density at radius 2 is 1.82 bits per heavy atom. The fraction of sp³-hybridized carbons (Fsp3) is 0.333. The summed E-state index contributed by atoms with van der Waals surface area (Å²) in [5.41, 5.74) is 0. The number of nitrogens with one attached hydrogen (secondary N) is 2. The summed E-state index contributed by atoms with van der Waals surface area (Å²) in [7, 11) is -2.87. The molecule has 0 aromatic carbocycles. The van der Waals surface area contributed by atoms with Crippen LogP contribution in [0, 0.1) is 0 Å². The number of hydrogen-bond acceptors (Lipinski definition) is 3. The summed E-state index contributed by atoms with van der Waals surface area (Å²) in [6, 6.07) is -0.398. The van der Waals surface area contributed by atoms with Crippen LogP contribution in [0.3, 0.4) is 0 Å². The predicted molar refractivity (Wildman–Crippen MR) is 33.6 cm³/mol. The molecule has 1 rings (SSSR count). The van der Waals surface area contributed by atoms with Crippen LogP contribution in [0.15, 0.2) is 0 Å². The molecule has 0 saturated carbocycles. The molecule has 8 heteroatoms. The summed E-state index contributed by atoms with van der Waals surface area (Å²) in [5, 5.41) is 4.30. The van der Waals surface area contributed by atoms with Crippen molar-refractivity contribution >= 4 is 20.2 Å². The van der Waals surface area contributed by atoms with Gasteiger partial charge in [0.15, 0.2) is 0 Å². The van der Waals surface area contributed by atoms with Gasteiger partial charge in [0.05, 0.1) is 6.54 Å². The van der Waals surface area contributed by atoms with Gasteiger partial charge in [0.25, 0.3) is 0 Å². The highest BCUT2D eigenvalue weighted by Gasteiger charge is 2.14. The maximum atomic E-state index is 10.1. The van der Waals surface area contributed by atoms with Crippen LogP contribution in [0.25, 0.3) is 0 Å². The third-order valence-corrected chi connectivity index (χ3v) is 0.662. The van der Waals surface area contributed by atoms with Gasteiger partial charge in [0, 0.05) is 4.57 Å². The molecule has 0 unspecified atom stereocenters. The number of carbonyl (C=O) groups is 2. The quantitative estimate of drug-likeness (QED) is 0.267. The van der Waals surface area contributed by atoms with E-state index in [1.54, 1.807) is 0 Å². The second-order valence-corrected chi connectivity index (χ2v) is 1.99. The molecule has 0 aromatic heterocycles. The minimum absolute atomic E-state index is 0.124. The molecule has 0 atom stereocenters. The fourth-order valence-electron chi connectivity index (χ4n) is 0.376. The third kappa shape index (κ3) is 6.85. The van der Waals surface area contributed by atoms with Gasteiger partial charge in [-0.15, -0.1) is 9.79 Å². The highest BCUT2D eigenvalue weighted by atomic mass is 31.1. The van der Waals surface area contributed by atoms with Crippen molar-refractivity contribution in [2.45, 2.75) is 0 Å². The van der Waals surface area contributed by atoms with Gasteiger partial charge in [0.2, 0.25) is 5.91 Å². The average molecular weight is 181 g/mol. The first-order valence-electron chi connectivity index (χ1n) is 2.45. The standard InChI is InChI=1S/C3H4N2O2.HO3P/c6-2-1-4-3(7)5-2;1-4(2)3/h1H2,(H2,4,5,6,7);(H-,1,2,3)/p+1. The molecule has 7 nitrogen and oxygen atoms in total. The van der Waals surface area contributed by atoms with Crippen LogP contribution >= 0.6 is 8.25 Å². The SMILES string of the molecule is O=C1CNC(=O)N1.O=[P+](O)O. The summed E-state index contributed by atoms with van der Waals surface area (Å²) in [4.78, 5) is 34.3. The van der Waals surface area contributed by atoms with Crippen molar-refractivity contribution in [1.29, 1.82) is 0 Å². The molecule has 1 heterocycles. The topological polar surface area (TPSA) is 116 Å². The molecular formula is C3H6N2O5P+. The van der Waals surface area contributed by atoms with Gasteiger partial charge in [-0.05, 0) is 0 Å². The Balaban J connectivity index is 0.000000218. The van der Waals surface area contributed by atoms with Gasteiger partial charge in [0.1, 0.15) is 0 Å². The normalized spacial score (nSPS) is 14.4. The smallest absolute Gasteiger partial charge is 0.329 e. The van der Waals surface area contributed by atoms with Crippen LogP contribution in [0.5, 0.6) is 0 Å². The first-order valence-corrected chi connectivity index (χ1v) is 3.61. The van der Waals surface area contributed by atoms with E-state index in [9.17, 15) is 9.59 Å². The fourth-order valence-corrected chi connectivity index (χ4v) is 0.376. The van der Waals surface area contributed by atoms with Crippen molar-refractivity contribution in [3.05, 3.63) is 0 Å². The van der Waals surface area contributed by atoms with Crippen LogP contribution in [0.1, 0.15) is 0 Å². The molecule has 0 radical (unpaired) electrons. The molecule has 11 heavy (non-hydrogen) atoms. The number of carbonyl (C=O) groups excluding carboxylic acids is 2. The van der Waals surface area contributed by atoms with E-state index in [4.69, 9.17) is 14.4 Å². The average Bonchev–Trinajstić information content (AvgIpc) is 2.13. The third-order valence-electron chi connectivity index (χ3n) is 0.662. The zero-order chi connectivity index (χ0) is 8.85. The Kier molecular flexibility index (Phi) is 4.28. The van der Waals surface area contributed by atoms with Gasteiger partial charge < -0.3 is 5.32 Å². The Labute approximate surface area is 62.4 Å². The highest BCUT2D eigenvalue weighted by Crippen LogP contribution is 1.98.